The van der Waals surface area contributed by atoms with E-state index in [1.54, 1.807) is 19.9 Å². The average molecular weight is 356 g/mol. The second kappa shape index (κ2) is 12.9. The average Bonchev–Trinajstić information content (AvgIpc) is 3.11. The SMILES string of the molecule is CCCCCC/C=C/C(C(=O)OCC)C(C(=O)OCC)C1OCCO1. The van der Waals surface area contributed by atoms with Crippen LogP contribution in [0, 0.1) is 11.8 Å². The Balaban J connectivity index is 2.85. The summed E-state index contributed by atoms with van der Waals surface area (Å²) >= 11 is 0. The lowest BCUT2D eigenvalue weighted by Gasteiger charge is -2.25. The number of esters is 2. The number of unbranched alkanes of at least 4 members (excludes halogenated alkanes) is 4. The second-order valence-electron chi connectivity index (χ2n) is 5.94. The van der Waals surface area contributed by atoms with E-state index in [1.165, 1.54) is 12.8 Å². The number of carbonyl (C=O) groups is 2. The van der Waals surface area contributed by atoms with Crippen molar-refractivity contribution in [3.05, 3.63) is 12.2 Å². The Bertz CT molecular complexity index is 414. The Morgan fingerprint density at radius 1 is 1.00 bits per heavy atom. The molecule has 1 aliphatic rings. The van der Waals surface area contributed by atoms with Gasteiger partial charge in [0.2, 0.25) is 0 Å². The number of hydrogen-bond acceptors (Lipinski definition) is 6. The van der Waals surface area contributed by atoms with E-state index in [0.717, 1.165) is 19.3 Å². The fraction of sp³-hybridized carbons (Fsp3) is 0.789. The Kier molecular flexibility index (Phi) is 11.2. The van der Waals surface area contributed by atoms with Crippen molar-refractivity contribution in [3.8, 4) is 0 Å². The lowest BCUT2D eigenvalue weighted by molar-refractivity contribution is -0.175. The number of carbonyl (C=O) groups excluding carboxylic acids is 2. The van der Waals surface area contributed by atoms with Crippen molar-refractivity contribution in [2.45, 2.75) is 59.2 Å². The van der Waals surface area contributed by atoms with Crippen molar-refractivity contribution in [2.24, 2.45) is 11.8 Å². The Morgan fingerprint density at radius 2 is 1.64 bits per heavy atom. The van der Waals surface area contributed by atoms with Crippen molar-refractivity contribution in [2.75, 3.05) is 26.4 Å². The summed E-state index contributed by atoms with van der Waals surface area (Å²) in [7, 11) is 0. The van der Waals surface area contributed by atoms with Gasteiger partial charge in [-0.3, -0.25) is 9.59 Å². The van der Waals surface area contributed by atoms with E-state index in [-0.39, 0.29) is 13.2 Å². The summed E-state index contributed by atoms with van der Waals surface area (Å²) in [5, 5.41) is 0. The molecule has 0 bridgehead atoms. The molecule has 0 N–H and O–H groups in total. The molecule has 144 valence electrons. The van der Waals surface area contributed by atoms with Crippen LogP contribution in [0.15, 0.2) is 12.2 Å². The number of rotatable bonds is 12. The monoisotopic (exact) mass is 356 g/mol. The van der Waals surface area contributed by atoms with Gasteiger partial charge in [0, 0.05) is 0 Å². The standard InChI is InChI=1S/C19H32O6/c1-4-7-8-9-10-11-12-15(17(20)22-5-2)16(18(21)23-6-3)19-24-13-14-25-19/h11-12,15-16,19H,4-10,13-14H2,1-3H3/b12-11+. The molecular formula is C19H32O6. The highest BCUT2D eigenvalue weighted by atomic mass is 16.7. The first kappa shape index (κ1) is 21.6. The van der Waals surface area contributed by atoms with Gasteiger partial charge < -0.3 is 18.9 Å². The number of allylic oxidation sites excluding steroid dienone is 1. The molecule has 2 unspecified atom stereocenters. The van der Waals surface area contributed by atoms with E-state index >= 15 is 0 Å². The van der Waals surface area contributed by atoms with E-state index in [4.69, 9.17) is 18.9 Å². The molecule has 1 fully saturated rings. The van der Waals surface area contributed by atoms with Crippen LogP contribution in [0.2, 0.25) is 0 Å². The van der Waals surface area contributed by atoms with Gasteiger partial charge in [0.25, 0.3) is 0 Å². The lowest BCUT2D eigenvalue weighted by Crippen LogP contribution is -2.40. The molecule has 0 aromatic carbocycles. The third kappa shape index (κ3) is 7.57. The highest BCUT2D eigenvalue weighted by Gasteiger charge is 2.43. The summed E-state index contributed by atoms with van der Waals surface area (Å²) in [5.74, 6) is -2.57. The molecule has 0 saturated carbocycles. The minimum Gasteiger partial charge on any atom is -0.466 e. The molecule has 0 aromatic heterocycles. The largest absolute Gasteiger partial charge is 0.466 e. The molecule has 1 heterocycles. The first-order valence-corrected chi connectivity index (χ1v) is 9.38. The summed E-state index contributed by atoms with van der Waals surface area (Å²) in [5.41, 5.74) is 0. The van der Waals surface area contributed by atoms with E-state index in [2.05, 4.69) is 6.92 Å². The van der Waals surface area contributed by atoms with Crippen molar-refractivity contribution in [3.63, 3.8) is 0 Å². The lowest BCUT2D eigenvalue weighted by atomic mass is 9.90. The third-order valence-corrected chi connectivity index (χ3v) is 4.01. The van der Waals surface area contributed by atoms with Gasteiger partial charge in [-0.2, -0.15) is 0 Å². The fourth-order valence-corrected chi connectivity index (χ4v) is 2.76. The van der Waals surface area contributed by atoms with Crippen LogP contribution < -0.4 is 0 Å². The zero-order valence-electron chi connectivity index (χ0n) is 15.7. The summed E-state index contributed by atoms with van der Waals surface area (Å²) in [4.78, 5) is 24.9. The zero-order chi connectivity index (χ0) is 18.5. The fourth-order valence-electron chi connectivity index (χ4n) is 2.76. The number of ether oxygens (including phenoxy) is 4. The van der Waals surface area contributed by atoms with Crippen LogP contribution in [-0.4, -0.2) is 44.7 Å². The zero-order valence-corrected chi connectivity index (χ0v) is 15.7. The smallest absolute Gasteiger partial charge is 0.315 e. The van der Waals surface area contributed by atoms with Crippen LogP contribution in [0.3, 0.4) is 0 Å². The minimum atomic E-state index is -0.853. The van der Waals surface area contributed by atoms with Gasteiger partial charge in [-0.25, -0.2) is 0 Å². The van der Waals surface area contributed by atoms with Crippen LogP contribution in [-0.2, 0) is 28.5 Å². The molecular weight excluding hydrogens is 324 g/mol. The molecule has 25 heavy (non-hydrogen) atoms. The van der Waals surface area contributed by atoms with Crippen molar-refractivity contribution >= 4 is 11.9 Å². The first-order chi connectivity index (χ1) is 12.2. The maximum atomic E-state index is 12.4. The first-order valence-electron chi connectivity index (χ1n) is 9.38. The molecule has 1 rings (SSSR count). The molecule has 1 aliphatic heterocycles. The third-order valence-electron chi connectivity index (χ3n) is 4.01. The van der Waals surface area contributed by atoms with Gasteiger partial charge in [0.15, 0.2) is 6.29 Å². The van der Waals surface area contributed by atoms with Crippen LogP contribution in [0.4, 0.5) is 0 Å². The summed E-state index contributed by atoms with van der Waals surface area (Å²) < 4.78 is 21.3. The van der Waals surface area contributed by atoms with E-state index < -0.39 is 30.1 Å². The maximum Gasteiger partial charge on any atom is 0.315 e. The molecule has 0 aromatic rings. The second-order valence-corrected chi connectivity index (χ2v) is 5.94. The quantitative estimate of drug-likeness (QED) is 0.304. The predicted octanol–water partition coefficient (Wildman–Crippen LogP) is 3.24. The topological polar surface area (TPSA) is 71.1 Å². The highest BCUT2D eigenvalue weighted by molar-refractivity contribution is 5.84. The van der Waals surface area contributed by atoms with Gasteiger partial charge in [0.1, 0.15) is 5.92 Å². The summed E-state index contributed by atoms with van der Waals surface area (Å²) in [6.07, 6.45) is 8.35. The molecule has 2 atom stereocenters. The Labute approximate surface area is 150 Å². The van der Waals surface area contributed by atoms with Gasteiger partial charge in [-0.15, -0.1) is 0 Å². The van der Waals surface area contributed by atoms with Gasteiger partial charge in [-0.1, -0.05) is 38.3 Å². The Hall–Kier alpha value is -1.40. The minimum absolute atomic E-state index is 0.234. The van der Waals surface area contributed by atoms with E-state index in [0.29, 0.717) is 13.2 Å². The molecule has 0 aliphatic carbocycles. The van der Waals surface area contributed by atoms with Crippen LogP contribution >= 0.6 is 0 Å². The molecule has 6 nitrogen and oxygen atoms in total. The van der Waals surface area contributed by atoms with Crippen molar-refractivity contribution in [1.82, 2.24) is 0 Å². The van der Waals surface area contributed by atoms with Crippen molar-refractivity contribution < 1.29 is 28.5 Å². The predicted molar refractivity (Wildman–Crippen MR) is 93.8 cm³/mol. The van der Waals surface area contributed by atoms with E-state index in [9.17, 15) is 9.59 Å². The molecule has 6 heteroatoms. The Morgan fingerprint density at radius 3 is 2.24 bits per heavy atom. The molecule has 0 amide bonds. The van der Waals surface area contributed by atoms with Crippen LogP contribution in [0.5, 0.6) is 0 Å². The normalized spacial score (nSPS) is 17.6. The van der Waals surface area contributed by atoms with Crippen LogP contribution in [0.25, 0.3) is 0 Å². The van der Waals surface area contributed by atoms with Crippen molar-refractivity contribution in [1.29, 1.82) is 0 Å². The summed E-state index contributed by atoms with van der Waals surface area (Å²) in [6, 6.07) is 0. The molecule has 1 saturated heterocycles. The maximum absolute atomic E-state index is 12.4. The van der Waals surface area contributed by atoms with Gasteiger partial charge >= 0.3 is 11.9 Å². The highest BCUT2D eigenvalue weighted by Crippen LogP contribution is 2.27. The summed E-state index contributed by atoms with van der Waals surface area (Å²) in [6.45, 7) is 6.92. The number of hydrogen-bond donors (Lipinski definition) is 0. The molecule has 0 spiro atoms. The van der Waals surface area contributed by atoms with Gasteiger partial charge in [-0.05, 0) is 26.7 Å². The molecule has 0 radical (unpaired) electrons. The van der Waals surface area contributed by atoms with Crippen LogP contribution in [0.1, 0.15) is 52.9 Å². The van der Waals surface area contributed by atoms with E-state index in [1.807, 2.05) is 6.08 Å². The van der Waals surface area contributed by atoms with Gasteiger partial charge in [0.05, 0.1) is 32.3 Å².